The van der Waals surface area contributed by atoms with Gasteiger partial charge in [-0.25, -0.2) is 4.79 Å². The third-order valence-corrected chi connectivity index (χ3v) is 3.83. The molecule has 0 aromatic heterocycles. The van der Waals surface area contributed by atoms with Crippen LogP contribution in [0.3, 0.4) is 0 Å². The molecule has 5 heteroatoms. The molecule has 1 aliphatic heterocycles. The number of ether oxygens (including phenoxy) is 2. The average molecular weight is 349 g/mol. The predicted molar refractivity (Wildman–Crippen MR) is 97.0 cm³/mol. The highest BCUT2D eigenvalue weighted by molar-refractivity contribution is 5.99. The van der Waals surface area contributed by atoms with Crippen molar-refractivity contribution in [3.05, 3.63) is 65.2 Å². The third-order valence-electron chi connectivity index (χ3n) is 3.83. The van der Waals surface area contributed by atoms with Gasteiger partial charge in [0.1, 0.15) is 12.4 Å². The number of amides is 1. The van der Waals surface area contributed by atoms with Crippen molar-refractivity contribution in [2.24, 2.45) is 0 Å². The minimum Gasteiger partial charge on any atom is -0.492 e. The highest BCUT2D eigenvalue weighted by atomic mass is 16.5. The van der Waals surface area contributed by atoms with E-state index in [0.29, 0.717) is 37.3 Å². The summed E-state index contributed by atoms with van der Waals surface area (Å²) in [6.45, 7) is 1.07. The Labute approximate surface area is 152 Å². The molecule has 1 aliphatic rings. The Morgan fingerprint density at radius 1 is 1.19 bits per heavy atom. The van der Waals surface area contributed by atoms with Gasteiger partial charge >= 0.3 is 6.09 Å². The Balaban J connectivity index is 1.42. The highest BCUT2D eigenvalue weighted by Crippen LogP contribution is 2.25. The molecule has 0 aliphatic carbocycles. The normalized spacial score (nSPS) is 12.2. The summed E-state index contributed by atoms with van der Waals surface area (Å²) in [6, 6.07) is 14.8. The molecular weight excluding hydrogens is 330 g/mol. The molecule has 2 aromatic rings. The topological polar surface area (TPSA) is 64.6 Å². The van der Waals surface area contributed by atoms with Crippen LogP contribution in [0.4, 0.5) is 4.79 Å². The first-order valence-corrected chi connectivity index (χ1v) is 8.46. The maximum absolute atomic E-state index is 11.9. The summed E-state index contributed by atoms with van der Waals surface area (Å²) >= 11 is 0. The van der Waals surface area contributed by atoms with E-state index < -0.39 is 6.09 Å². The number of hydrogen-bond donors (Lipinski definition) is 1. The fourth-order valence-electron chi connectivity index (χ4n) is 2.51. The molecule has 0 saturated heterocycles. The van der Waals surface area contributed by atoms with Crippen molar-refractivity contribution >= 4 is 11.9 Å². The summed E-state index contributed by atoms with van der Waals surface area (Å²) in [5.41, 5.74) is 2.29. The van der Waals surface area contributed by atoms with Crippen molar-refractivity contribution in [3.8, 4) is 17.6 Å². The maximum atomic E-state index is 11.9. The smallest absolute Gasteiger partial charge is 0.407 e. The van der Waals surface area contributed by atoms with Crippen LogP contribution in [0, 0.1) is 11.8 Å². The maximum Gasteiger partial charge on any atom is 0.407 e. The van der Waals surface area contributed by atoms with Crippen molar-refractivity contribution in [3.63, 3.8) is 0 Å². The molecule has 132 valence electrons. The lowest BCUT2D eigenvalue weighted by atomic mass is 10.0. The van der Waals surface area contributed by atoms with E-state index in [9.17, 15) is 9.59 Å². The molecule has 2 aromatic carbocycles. The van der Waals surface area contributed by atoms with Gasteiger partial charge in [0.05, 0.1) is 12.2 Å². The van der Waals surface area contributed by atoms with Crippen LogP contribution in [0.1, 0.15) is 34.3 Å². The van der Waals surface area contributed by atoms with E-state index >= 15 is 0 Å². The van der Waals surface area contributed by atoms with Crippen molar-refractivity contribution in [2.45, 2.75) is 19.4 Å². The lowest BCUT2D eigenvalue weighted by molar-refractivity contribution is 0.0933. The minimum absolute atomic E-state index is 0.0812. The molecule has 1 amide bonds. The second-order valence-corrected chi connectivity index (χ2v) is 5.77. The van der Waals surface area contributed by atoms with Crippen molar-refractivity contribution in [2.75, 3.05) is 13.2 Å². The molecule has 1 N–H and O–H groups in total. The molecule has 5 nitrogen and oxygen atoms in total. The van der Waals surface area contributed by atoms with Gasteiger partial charge < -0.3 is 14.8 Å². The zero-order valence-electron chi connectivity index (χ0n) is 14.3. The van der Waals surface area contributed by atoms with E-state index in [1.54, 1.807) is 12.1 Å². The minimum atomic E-state index is -0.466. The van der Waals surface area contributed by atoms with Gasteiger partial charge in [-0.1, -0.05) is 42.2 Å². The number of rotatable bonds is 4. The average Bonchev–Trinajstić information content (AvgIpc) is 2.67. The Morgan fingerprint density at radius 3 is 2.88 bits per heavy atom. The van der Waals surface area contributed by atoms with Crippen LogP contribution in [0.25, 0.3) is 0 Å². The van der Waals surface area contributed by atoms with Crippen molar-refractivity contribution < 1.29 is 19.1 Å². The van der Waals surface area contributed by atoms with E-state index in [-0.39, 0.29) is 12.4 Å². The molecule has 0 saturated carbocycles. The van der Waals surface area contributed by atoms with Gasteiger partial charge in [-0.3, -0.25) is 4.79 Å². The molecule has 3 rings (SSSR count). The first-order valence-electron chi connectivity index (χ1n) is 8.46. The Morgan fingerprint density at radius 2 is 2.04 bits per heavy atom. The van der Waals surface area contributed by atoms with Crippen LogP contribution in [-0.4, -0.2) is 25.0 Å². The van der Waals surface area contributed by atoms with E-state index in [1.165, 1.54) is 0 Å². The van der Waals surface area contributed by atoms with Gasteiger partial charge in [-0.2, -0.15) is 0 Å². The van der Waals surface area contributed by atoms with Crippen LogP contribution < -0.4 is 10.1 Å². The third kappa shape index (κ3) is 4.87. The van der Waals surface area contributed by atoms with Crippen LogP contribution >= 0.6 is 0 Å². The Hall–Kier alpha value is -3.26. The van der Waals surface area contributed by atoms with Crippen molar-refractivity contribution in [1.29, 1.82) is 0 Å². The zero-order chi connectivity index (χ0) is 18.2. The number of alkyl carbamates (subject to hydrolysis) is 1. The van der Waals surface area contributed by atoms with E-state index in [4.69, 9.17) is 9.47 Å². The number of benzene rings is 2. The van der Waals surface area contributed by atoms with Crippen LogP contribution in [0.5, 0.6) is 5.75 Å². The van der Waals surface area contributed by atoms with Crippen LogP contribution in [0.2, 0.25) is 0 Å². The Bertz CT molecular complexity index is 849. The fourth-order valence-corrected chi connectivity index (χ4v) is 2.51. The number of ketones is 1. The standard InChI is InChI=1S/C21H19NO4/c23-19-11-13-25-20-10-9-16(14-18(19)20)6-4-5-12-22-21(24)26-15-17-7-2-1-3-8-17/h1-3,7-10,14H,5,11-13,15H2,(H,22,24). The number of nitrogens with one attached hydrogen (secondary N) is 1. The monoisotopic (exact) mass is 349 g/mol. The van der Waals surface area contributed by atoms with Gasteiger partial charge in [0.25, 0.3) is 0 Å². The molecule has 26 heavy (non-hydrogen) atoms. The van der Waals surface area contributed by atoms with Crippen molar-refractivity contribution in [1.82, 2.24) is 5.32 Å². The van der Waals surface area contributed by atoms with E-state index in [0.717, 1.165) is 11.1 Å². The van der Waals surface area contributed by atoms with Crippen LogP contribution in [-0.2, 0) is 11.3 Å². The summed E-state index contributed by atoms with van der Waals surface area (Å²) in [7, 11) is 0. The molecular formula is C21H19NO4. The predicted octanol–water partition coefficient (Wildman–Crippen LogP) is 3.32. The number of carbonyl (C=O) groups excluding carboxylic acids is 2. The summed E-state index contributed by atoms with van der Waals surface area (Å²) in [5, 5.41) is 2.66. The summed E-state index contributed by atoms with van der Waals surface area (Å²) < 4.78 is 10.6. The van der Waals surface area contributed by atoms with Gasteiger partial charge in [-0.15, -0.1) is 0 Å². The number of carbonyl (C=O) groups is 2. The number of fused-ring (bicyclic) bond motifs is 1. The van der Waals surface area contributed by atoms with E-state index in [1.807, 2.05) is 36.4 Å². The summed E-state index contributed by atoms with van der Waals surface area (Å²) in [5.74, 6) is 6.68. The summed E-state index contributed by atoms with van der Waals surface area (Å²) in [4.78, 5) is 23.5. The van der Waals surface area contributed by atoms with E-state index in [2.05, 4.69) is 17.2 Å². The molecule has 0 fully saturated rings. The second kappa shape index (κ2) is 8.72. The first kappa shape index (κ1) is 17.6. The molecule has 0 radical (unpaired) electrons. The SMILES string of the molecule is O=C(NCCC#Cc1ccc2c(c1)C(=O)CCO2)OCc1ccccc1. The quantitative estimate of drug-likeness (QED) is 0.679. The second-order valence-electron chi connectivity index (χ2n) is 5.77. The molecule has 0 atom stereocenters. The molecule has 0 unspecified atom stereocenters. The lowest BCUT2D eigenvalue weighted by Crippen LogP contribution is -2.24. The van der Waals surface area contributed by atoms with Crippen LogP contribution in [0.15, 0.2) is 48.5 Å². The first-order chi connectivity index (χ1) is 12.7. The fraction of sp³-hybridized carbons (Fsp3) is 0.238. The van der Waals surface area contributed by atoms with Gasteiger partial charge in [0, 0.05) is 24.9 Å². The lowest BCUT2D eigenvalue weighted by Gasteiger charge is -2.15. The van der Waals surface area contributed by atoms with Gasteiger partial charge in [-0.05, 0) is 23.8 Å². The largest absolute Gasteiger partial charge is 0.492 e. The Kier molecular flexibility index (Phi) is 5.89. The zero-order valence-corrected chi connectivity index (χ0v) is 14.3. The molecule has 1 heterocycles. The van der Waals surface area contributed by atoms with Gasteiger partial charge in [0.15, 0.2) is 5.78 Å². The highest BCUT2D eigenvalue weighted by Gasteiger charge is 2.18. The number of hydrogen-bond acceptors (Lipinski definition) is 4. The number of Topliss-reactive ketones (excluding diaryl/α,β-unsaturated/α-hetero) is 1. The molecule has 0 spiro atoms. The summed E-state index contributed by atoms with van der Waals surface area (Å²) in [6.07, 6.45) is 0.424. The molecule has 0 bridgehead atoms. The van der Waals surface area contributed by atoms with Gasteiger partial charge in [0.2, 0.25) is 0 Å².